The first kappa shape index (κ1) is 10.0. The number of thiazole rings is 1. The zero-order valence-electron chi connectivity index (χ0n) is 7.88. The zero-order valence-corrected chi connectivity index (χ0v) is 8.70. The first-order valence-corrected chi connectivity index (χ1v) is 5.32. The topological polar surface area (TPSA) is 50.2 Å². The Bertz CT molecular complexity index is 479. The van der Waals surface area contributed by atoms with Crippen molar-refractivity contribution in [1.82, 2.24) is 4.98 Å². The maximum absolute atomic E-state index is 10.6. The summed E-state index contributed by atoms with van der Waals surface area (Å²) in [5.41, 5.74) is 2.20. The van der Waals surface area contributed by atoms with Crippen molar-refractivity contribution in [3.05, 3.63) is 40.9 Å². The van der Waals surface area contributed by atoms with Crippen LogP contribution in [0.15, 0.2) is 29.6 Å². The molecule has 1 heterocycles. The highest BCUT2D eigenvalue weighted by molar-refractivity contribution is 7.13. The second kappa shape index (κ2) is 4.33. The Hall–Kier alpha value is -1.52. The Morgan fingerprint density at radius 2 is 2.33 bits per heavy atom. The Morgan fingerprint density at radius 1 is 1.47 bits per heavy atom. The minimum absolute atomic E-state index is 0.0517. The number of nitrogens with zero attached hydrogens (tertiary/aromatic N) is 1. The van der Waals surface area contributed by atoms with Crippen LogP contribution in [-0.4, -0.2) is 16.4 Å². The van der Waals surface area contributed by atoms with Gasteiger partial charge in [-0.05, 0) is 6.07 Å². The van der Waals surface area contributed by atoms with Gasteiger partial charge in [0.25, 0.3) is 0 Å². The molecule has 0 aliphatic heterocycles. The summed E-state index contributed by atoms with van der Waals surface area (Å²) in [5, 5.41) is 11.5. The van der Waals surface area contributed by atoms with Crippen LogP contribution >= 0.6 is 11.3 Å². The predicted octanol–water partition coefficient (Wildman–Crippen LogP) is 2.11. The summed E-state index contributed by atoms with van der Waals surface area (Å²) >= 11 is 1.46. The summed E-state index contributed by atoms with van der Waals surface area (Å²) in [5.74, 6) is 0. The van der Waals surface area contributed by atoms with Crippen molar-refractivity contribution in [2.24, 2.45) is 0 Å². The summed E-state index contributed by atoms with van der Waals surface area (Å²) in [4.78, 5) is 14.8. The van der Waals surface area contributed by atoms with Gasteiger partial charge in [-0.25, -0.2) is 4.98 Å². The van der Waals surface area contributed by atoms with Gasteiger partial charge < -0.3 is 5.11 Å². The van der Waals surface area contributed by atoms with Gasteiger partial charge in [0.15, 0.2) is 0 Å². The number of rotatable bonds is 3. The third-order valence-electron chi connectivity index (χ3n) is 1.98. The lowest BCUT2D eigenvalue weighted by Crippen LogP contribution is -1.84. The Kier molecular flexibility index (Phi) is 2.89. The van der Waals surface area contributed by atoms with E-state index in [1.165, 1.54) is 11.3 Å². The van der Waals surface area contributed by atoms with Crippen LogP contribution in [0.5, 0.6) is 0 Å². The molecule has 3 nitrogen and oxygen atoms in total. The Balaban J connectivity index is 2.39. The summed E-state index contributed by atoms with van der Waals surface area (Å²) in [7, 11) is 0. The van der Waals surface area contributed by atoms with Crippen LogP contribution in [0.3, 0.4) is 0 Å². The van der Waals surface area contributed by atoms with Crippen LogP contribution in [-0.2, 0) is 6.61 Å². The molecule has 0 amide bonds. The van der Waals surface area contributed by atoms with Gasteiger partial charge in [0.1, 0.15) is 11.3 Å². The molecule has 2 aromatic rings. The van der Waals surface area contributed by atoms with Gasteiger partial charge in [0, 0.05) is 16.5 Å². The first-order chi connectivity index (χ1) is 7.33. The summed E-state index contributed by atoms with van der Waals surface area (Å²) < 4.78 is 0. The fraction of sp³-hybridized carbons (Fsp3) is 0.0909. The Morgan fingerprint density at radius 3 is 3.00 bits per heavy atom. The lowest BCUT2D eigenvalue weighted by molar-refractivity contribution is 0.112. The molecule has 0 unspecified atom stereocenters. The number of aliphatic hydroxyl groups is 1. The normalized spacial score (nSPS) is 10.2. The summed E-state index contributed by atoms with van der Waals surface area (Å²) in [6.45, 7) is -0.0517. The molecule has 0 aliphatic rings. The summed E-state index contributed by atoms with van der Waals surface area (Å²) in [6, 6.07) is 7.25. The highest BCUT2D eigenvalue weighted by atomic mass is 32.1. The maximum Gasteiger partial charge on any atom is 0.150 e. The highest BCUT2D eigenvalue weighted by Crippen LogP contribution is 2.24. The fourth-order valence-corrected chi connectivity index (χ4v) is 2.07. The molecule has 0 atom stereocenters. The van der Waals surface area contributed by atoms with Crippen molar-refractivity contribution in [2.75, 3.05) is 0 Å². The lowest BCUT2D eigenvalue weighted by Gasteiger charge is -1.96. The number of aliphatic hydroxyl groups excluding tert-OH is 1. The van der Waals surface area contributed by atoms with Gasteiger partial charge in [-0.15, -0.1) is 11.3 Å². The molecule has 0 bridgehead atoms. The third kappa shape index (κ3) is 2.11. The highest BCUT2D eigenvalue weighted by Gasteiger charge is 2.04. The number of benzene rings is 1. The molecule has 1 N–H and O–H groups in total. The van der Waals surface area contributed by atoms with E-state index in [0.29, 0.717) is 11.3 Å². The average molecular weight is 219 g/mol. The van der Waals surface area contributed by atoms with Crippen molar-refractivity contribution >= 4 is 17.6 Å². The number of hydrogen-bond acceptors (Lipinski definition) is 4. The first-order valence-electron chi connectivity index (χ1n) is 4.44. The van der Waals surface area contributed by atoms with Crippen LogP contribution in [0.25, 0.3) is 10.6 Å². The third-order valence-corrected chi connectivity index (χ3v) is 2.92. The standard InChI is InChI=1S/C11H9NO2S/c13-5-8-2-1-3-9(4-8)11-12-10(6-14)7-15-11/h1-5,7,14H,6H2. The molecule has 1 aromatic heterocycles. The quantitative estimate of drug-likeness (QED) is 0.804. The second-order valence-corrected chi connectivity index (χ2v) is 3.90. The van der Waals surface area contributed by atoms with E-state index in [9.17, 15) is 4.79 Å². The van der Waals surface area contributed by atoms with E-state index in [1.807, 2.05) is 17.5 Å². The molecule has 4 heteroatoms. The van der Waals surface area contributed by atoms with Crippen LogP contribution in [0.4, 0.5) is 0 Å². The van der Waals surface area contributed by atoms with Gasteiger partial charge in [0.05, 0.1) is 12.3 Å². The molecule has 2 rings (SSSR count). The fourth-order valence-electron chi connectivity index (χ4n) is 1.26. The molecule has 1 aromatic carbocycles. The number of hydrogen-bond donors (Lipinski definition) is 1. The van der Waals surface area contributed by atoms with E-state index in [2.05, 4.69) is 4.98 Å². The molecule has 76 valence electrons. The molecule has 0 aliphatic carbocycles. The van der Waals surface area contributed by atoms with E-state index < -0.39 is 0 Å². The van der Waals surface area contributed by atoms with Crippen LogP contribution < -0.4 is 0 Å². The van der Waals surface area contributed by atoms with E-state index in [-0.39, 0.29) is 6.61 Å². The molecular weight excluding hydrogens is 210 g/mol. The van der Waals surface area contributed by atoms with Crippen molar-refractivity contribution in [1.29, 1.82) is 0 Å². The average Bonchev–Trinajstić information content (AvgIpc) is 2.78. The molecule has 15 heavy (non-hydrogen) atoms. The van der Waals surface area contributed by atoms with E-state index >= 15 is 0 Å². The van der Waals surface area contributed by atoms with Gasteiger partial charge in [-0.2, -0.15) is 0 Å². The second-order valence-electron chi connectivity index (χ2n) is 3.05. The van der Waals surface area contributed by atoms with E-state index in [0.717, 1.165) is 16.9 Å². The SMILES string of the molecule is O=Cc1cccc(-c2nc(CO)cs2)c1. The van der Waals surface area contributed by atoms with Crippen molar-refractivity contribution < 1.29 is 9.90 Å². The molecule has 0 fully saturated rings. The predicted molar refractivity (Wildman–Crippen MR) is 58.9 cm³/mol. The largest absolute Gasteiger partial charge is 0.390 e. The monoisotopic (exact) mass is 219 g/mol. The van der Waals surface area contributed by atoms with Crippen LogP contribution in [0.1, 0.15) is 16.1 Å². The molecule has 0 saturated carbocycles. The van der Waals surface area contributed by atoms with E-state index in [4.69, 9.17) is 5.11 Å². The van der Waals surface area contributed by atoms with Gasteiger partial charge >= 0.3 is 0 Å². The van der Waals surface area contributed by atoms with E-state index in [1.54, 1.807) is 12.1 Å². The van der Waals surface area contributed by atoms with Crippen LogP contribution in [0.2, 0.25) is 0 Å². The minimum atomic E-state index is -0.0517. The zero-order chi connectivity index (χ0) is 10.7. The molecule has 0 saturated heterocycles. The molecule has 0 radical (unpaired) electrons. The summed E-state index contributed by atoms with van der Waals surface area (Å²) in [6.07, 6.45) is 0.810. The van der Waals surface area contributed by atoms with Crippen molar-refractivity contribution in [3.63, 3.8) is 0 Å². The minimum Gasteiger partial charge on any atom is -0.390 e. The van der Waals surface area contributed by atoms with Gasteiger partial charge in [0.2, 0.25) is 0 Å². The maximum atomic E-state index is 10.6. The smallest absolute Gasteiger partial charge is 0.150 e. The number of aldehydes is 1. The number of carbonyl (C=O) groups is 1. The lowest BCUT2D eigenvalue weighted by atomic mass is 10.1. The Labute approximate surface area is 91.0 Å². The molecular formula is C11H9NO2S. The number of aromatic nitrogens is 1. The van der Waals surface area contributed by atoms with Crippen molar-refractivity contribution in [3.8, 4) is 10.6 Å². The molecule has 0 spiro atoms. The van der Waals surface area contributed by atoms with Crippen LogP contribution in [0, 0.1) is 0 Å². The van der Waals surface area contributed by atoms with Crippen molar-refractivity contribution in [2.45, 2.75) is 6.61 Å². The van der Waals surface area contributed by atoms with Gasteiger partial charge in [-0.3, -0.25) is 4.79 Å². The van der Waals surface area contributed by atoms with Gasteiger partial charge in [-0.1, -0.05) is 18.2 Å². The number of carbonyl (C=O) groups excluding carboxylic acids is 1.